The zero-order chi connectivity index (χ0) is 42.7. The van der Waals surface area contributed by atoms with E-state index in [9.17, 15) is 35.6 Å². The number of anilines is 1. The topological polar surface area (TPSA) is 146 Å². The molecule has 59 heavy (non-hydrogen) atoms. The Morgan fingerprint density at radius 3 is 2.39 bits per heavy atom. The summed E-state index contributed by atoms with van der Waals surface area (Å²) < 4.78 is 118. The molecule has 0 spiro atoms. The zero-order valence-electron chi connectivity index (χ0n) is 31.9. The van der Waals surface area contributed by atoms with Crippen molar-refractivity contribution in [2.75, 3.05) is 11.0 Å². The molecule has 0 radical (unpaired) electrons. The fourth-order valence-corrected chi connectivity index (χ4v) is 8.78. The van der Waals surface area contributed by atoms with Gasteiger partial charge >= 0.3 is 0 Å². The number of carbonyl (C=O) groups is 1. The summed E-state index contributed by atoms with van der Waals surface area (Å²) in [5.74, 6) is -8.87. The number of alkyl halides is 4. The van der Waals surface area contributed by atoms with Crippen LogP contribution in [0.4, 0.5) is 32.2 Å². The molecule has 2 N–H and O–H groups in total. The number of hydrogen-bond acceptors (Lipinski definition) is 7. The van der Waals surface area contributed by atoms with E-state index in [1.54, 1.807) is 18.2 Å². The molecule has 0 aliphatic heterocycles. The second kappa shape index (κ2) is 13.8. The van der Waals surface area contributed by atoms with Crippen LogP contribution >= 0.6 is 11.6 Å². The highest BCUT2D eigenvalue weighted by molar-refractivity contribution is 7.92. The molecule has 1 fully saturated rings. The van der Waals surface area contributed by atoms with Crippen molar-refractivity contribution < 1.29 is 39.6 Å². The third kappa shape index (κ3) is 7.10. The summed E-state index contributed by atoms with van der Waals surface area (Å²) in [5, 5.41) is 11.0. The summed E-state index contributed by atoms with van der Waals surface area (Å²) >= 11 is 6.61. The van der Waals surface area contributed by atoms with E-state index in [0.717, 1.165) is 28.5 Å². The highest BCUT2D eigenvalue weighted by atomic mass is 35.5. The summed E-state index contributed by atoms with van der Waals surface area (Å²) in [6.45, 7) is 4.85. The Balaban J connectivity index is 1.35. The second-order valence-electron chi connectivity index (χ2n) is 16.0. The molecule has 310 valence electrons. The SMILES string of the molecule is Cn1nc(NS(C)(=O)=O)c2c(Cl)ccc(-n3c(C(Cc4cc(F)cc(F)c4)NC(=O)Cn4nc(C(F)F)c5c4C(F)(F)[C@@H]4C[C@H]54)nc4cc(C(C)(C)C)ccc4c3=O)c21. The van der Waals surface area contributed by atoms with Crippen molar-refractivity contribution in [1.82, 2.24) is 34.4 Å². The Morgan fingerprint density at radius 2 is 1.75 bits per heavy atom. The molecule has 0 saturated heterocycles. The van der Waals surface area contributed by atoms with Crippen molar-refractivity contribution >= 4 is 55.2 Å². The molecule has 1 saturated carbocycles. The van der Waals surface area contributed by atoms with E-state index in [0.29, 0.717) is 10.7 Å². The number of nitrogens with one attached hydrogen (secondary N) is 2. The van der Waals surface area contributed by atoms with Crippen LogP contribution in [0.15, 0.2) is 53.3 Å². The molecule has 0 bridgehead atoms. The molecule has 12 nitrogen and oxygen atoms in total. The smallest absolute Gasteiger partial charge is 0.293 e. The van der Waals surface area contributed by atoms with Crippen molar-refractivity contribution in [2.24, 2.45) is 13.0 Å². The Bertz CT molecular complexity index is 2900. The van der Waals surface area contributed by atoms with Gasteiger partial charge in [0, 0.05) is 31.0 Å². The first kappa shape index (κ1) is 40.4. The van der Waals surface area contributed by atoms with Gasteiger partial charge in [0.05, 0.1) is 44.8 Å². The summed E-state index contributed by atoms with van der Waals surface area (Å²) in [6, 6.07) is 8.96. The molecule has 3 aromatic carbocycles. The predicted octanol–water partition coefficient (Wildman–Crippen LogP) is 7.32. The van der Waals surface area contributed by atoms with E-state index in [-0.39, 0.29) is 61.7 Å². The van der Waals surface area contributed by atoms with Gasteiger partial charge in [0.25, 0.3) is 17.9 Å². The van der Waals surface area contributed by atoms with Gasteiger partial charge in [-0.05, 0) is 65.3 Å². The van der Waals surface area contributed by atoms with Crippen LogP contribution in [-0.4, -0.2) is 49.7 Å². The molecule has 6 aromatic rings. The van der Waals surface area contributed by atoms with Crippen molar-refractivity contribution in [1.29, 1.82) is 0 Å². The summed E-state index contributed by atoms with van der Waals surface area (Å²) in [5.41, 5.74) is -1.90. The average molecular weight is 861 g/mol. The van der Waals surface area contributed by atoms with Crippen molar-refractivity contribution in [3.63, 3.8) is 0 Å². The number of rotatable bonds is 10. The van der Waals surface area contributed by atoms with Crippen LogP contribution in [0.25, 0.3) is 27.5 Å². The van der Waals surface area contributed by atoms with Gasteiger partial charge in [-0.15, -0.1) is 0 Å². The normalized spacial score (nSPS) is 17.7. The fraction of sp³-hybridized carbons (Fsp3) is 0.359. The van der Waals surface area contributed by atoms with Crippen LogP contribution in [0, 0.1) is 17.6 Å². The van der Waals surface area contributed by atoms with Crippen LogP contribution < -0.4 is 15.6 Å². The van der Waals surface area contributed by atoms with Gasteiger partial charge in [0.2, 0.25) is 15.9 Å². The van der Waals surface area contributed by atoms with Crippen molar-refractivity contribution in [3.05, 3.63) is 109 Å². The first-order chi connectivity index (χ1) is 27.5. The van der Waals surface area contributed by atoms with E-state index in [1.165, 1.54) is 23.9 Å². The number of carbonyl (C=O) groups excluding carboxylic acids is 1. The lowest BCUT2D eigenvalue weighted by Crippen LogP contribution is -2.38. The van der Waals surface area contributed by atoms with E-state index >= 15 is 8.78 Å². The molecule has 3 atom stereocenters. The number of aryl methyl sites for hydroxylation is 1. The lowest BCUT2D eigenvalue weighted by Gasteiger charge is -2.25. The minimum absolute atomic E-state index is 0.00636. The number of aromatic nitrogens is 6. The maximum absolute atomic E-state index is 15.5. The van der Waals surface area contributed by atoms with E-state index in [2.05, 4.69) is 20.2 Å². The summed E-state index contributed by atoms with van der Waals surface area (Å²) in [6.07, 6.45) is -2.71. The Morgan fingerprint density at radius 1 is 1.05 bits per heavy atom. The Labute approximate surface area is 337 Å². The van der Waals surface area contributed by atoms with Crippen LogP contribution in [0.1, 0.15) is 79.5 Å². The monoisotopic (exact) mass is 860 g/mol. The minimum Gasteiger partial charge on any atom is -0.344 e. The van der Waals surface area contributed by atoms with Gasteiger partial charge in [0.15, 0.2) is 5.82 Å². The molecular weight excluding hydrogens is 826 g/mol. The van der Waals surface area contributed by atoms with Crippen molar-refractivity contribution in [2.45, 2.75) is 69.9 Å². The lowest BCUT2D eigenvalue weighted by atomic mass is 9.86. The second-order valence-corrected chi connectivity index (χ2v) is 18.2. The van der Waals surface area contributed by atoms with Crippen molar-refractivity contribution in [3.8, 4) is 5.69 Å². The summed E-state index contributed by atoms with van der Waals surface area (Å²) in [7, 11) is -2.42. The number of fused-ring (bicyclic) bond motifs is 5. The van der Waals surface area contributed by atoms with Gasteiger partial charge in [-0.2, -0.15) is 19.0 Å². The first-order valence-corrected chi connectivity index (χ1v) is 20.5. The van der Waals surface area contributed by atoms with Crippen LogP contribution in [-0.2, 0) is 46.2 Å². The van der Waals surface area contributed by atoms with E-state index in [1.807, 2.05) is 20.8 Å². The molecule has 1 amide bonds. The van der Waals surface area contributed by atoms with Crippen LogP contribution in [0.3, 0.4) is 0 Å². The Kier molecular flexibility index (Phi) is 9.45. The van der Waals surface area contributed by atoms with E-state index < -0.39 is 93.1 Å². The molecule has 8 rings (SSSR count). The minimum atomic E-state index is -3.89. The Hall–Kier alpha value is -5.43. The number of nitrogens with zero attached hydrogens (tertiary/aromatic N) is 6. The standard InChI is InChI=1S/C39H35ClF6N8O4S/c1-38(2,3)18-6-7-21-25(13-18)48-36(54(37(21)56)27-9-8-24(40)30-32(27)52(4)50-35(30)51-59(5,57)58)26(12-17-10-19(41)14-20(42)11-17)47-28(55)16-53-33-29(31(49-53)34(43)44)22-15-23(22)39(33,45)46/h6-11,13-14,22-23,26,34H,12,15-16H2,1-5H3,(H,47,55)(H,50,51)/t22-,23+,26?/m0/s1. The maximum atomic E-state index is 15.5. The average Bonchev–Trinajstić information content (AvgIpc) is 3.66. The van der Waals surface area contributed by atoms with Gasteiger partial charge in [-0.1, -0.05) is 38.4 Å². The molecule has 3 aromatic heterocycles. The maximum Gasteiger partial charge on any atom is 0.293 e. The number of benzene rings is 3. The molecule has 1 unspecified atom stereocenters. The number of sulfonamides is 1. The number of amides is 1. The third-order valence-corrected chi connectivity index (χ3v) is 11.5. The van der Waals surface area contributed by atoms with Gasteiger partial charge in [-0.3, -0.25) is 28.2 Å². The van der Waals surface area contributed by atoms with Gasteiger partial charge < -0.3 is 5.32 Å². The van der Waals surface area contributed by atoms with Crippen LogP contribution in [0.2, 0.25) is 5.02 Å². The lowest BCUT2D eigenvalue weighted by molar-refractivity contribution is -0.123. The highest BCUT2D eigenvalue weighted by Gasteiger charge is 2.67. The molecular formula is C39H35ClF6N8O4S. The zero-order valence-corrected chi connectivity index (χ0v) is 33.5. The predicted molar refractivity (Wildman–Crippen MR) is 207 cm³/mol. The number of halogens is 7. The number of hydrogen-bond donors (Lipinski definition) is 2. The van der Waals surface area contributed by atoms with Gasteiger partial charge in [0.1, 0.15) is 35.4 Å². The van der Waals surface area contributed by atoms with E-state index in [4.69, 9.17) is 16.6 Å². The van der Waals surface area contributed by atoms with Gasteiger partial charge in [-0.25, -0.2) is 31.0 Å². The quantitative estimate of drug-likeness (QED) is 0.137. The van der Waals surface area contributed by atoms with Crippen LogP contribution in [0.5, 0.6) is 0 Å². The third-order valence-electron chi connectivity index (χ3n) is 10.7. The fourth-order valence-electron chi connectivity index (χ4n) is 8.05. The summed E-state index contributed by atoms with van der Waals surface area (Å²) in [4.78, 5) is 33.8. The molecule has 2 aliphatic carbocycles. The highest BCUT2D eigenvalue weighted by Crippen LogP contribution is 2.68. The molecule has 3 heterocycles. The first-order valence-electron chi connectivity index (χ1n) is 18.3. The molecule has 2 aliphatic rings. The molecule has 20 heteroatoms. The largest absolute Gasteiger partial charge is 0.344 e.